The highest BCUT2D eigenvalue weighted by atomic mass is 32.1. The normalized spacial score (nSPS) is 15.0. The van der Waals surface area contributed by atoms with Crippen molar-refractivity contribution in [3.05, 3.63) is 34.1 Å². The number of anilines is 1. The molecule has 0 unspecified atom stereocenters. The summed E-state index contributed by atoms with van der Waals surface area (Å²) in [6.45, 7) is 6.99. The molecule has 22 heavy (non-hydrogen) atoms. The quantitative estimate of drug-likeness (QED) is 0.918. The molecule has 3 heterocycles. The zero-order valence-corrected chi connectivity index (χ0v) is 13.4. The van der Waals surface area contributed by atoms with Crippen LogP contribution < -0.4 is 4.90 Å². The largest absolute Gasteiger partial charge is 0.356 e. The van der Waals surface area contributed by atoms with Gasteiger partial charge in [-0.15, -0.1) is 11.3 Å². The van der Waals surface area contributed by atoms with Gasteiger partial charge in [0.15, 0.2) is 5.13 Å². The summed E-state index contributed by atoms with van der Waals surface area (Å²) in [5, 5.41) is 9.86. The highest BCUT2D eigenvalue weighted by molar-refractivity contribution is 7.15. The van der Waals surface area contributed by atoms with Crippen molar-refractivity contribution in [2.45, 2.75) is 13.8 Å². The van der Waals surface area contributed by atoms with Crippen LogP contribution in [0.5, 0.6) is 0 Å². The number of amides is 1. The molecule has 1 fully saturated rings. The lowest BCUT2D eigenvalue weighted by molar-refractivity contribution is 0.0741. The van der Waals surface area contributed by atoms with Crippen LogP contribution in [0.1, 0.15) is 26.6 Å². The third kappa shape index (κ3) is 2.70. The Bertz CT molecular complexity index is 714. The Morgan fingerprint density at radius 3 is 2.64 bits per heavy atom. The first kappa shape index (κ1) is 14.6. The number of nitriles is 1. The first-order chi connectivity index (χ1) is 10.6. The minimum Gasteiger partial charge on any atom is -0.356 e. The number of H-pyrrole nitrogens is 1. The van der Waals surface area contributed by atoms with Crippen LogP contribution in [0.3, 0.4) is 0 Å². The van der Waals surface area contributed by atoms with Crippen LogP contribution in [0.4, 0.5) is 5.13 Å². The van der Waals surface area contributed by atoms with Gasteiger partial charge in [-0.3, -0.25) is 4.79 Å². The summed E-state index contributed by atoms with van der Waals surface area (Å²) in [6.07, 6.45) is 1.56. The second-order valence-electron chi connectivity index (χ2n) is 5.33. The van der Waals surface area contributed by atoms with Crippen LogP contribution >= 0.6 is 11.3 Å². The molecule has 0 aliphatic carbocycles. The smallest absolute Gasteiger partial charge is 0.270 e. The van der Waals surface area contributed by atoms with E-state index in [0.717, 1.165) is 23.9 Å². The van der Waals surface area contributed by atoms with Gasteiger partial charge in [0, 0.05) is 37.3 Å². The molecule has 1 aliphatic heterocycles. The Kier molecular flexibility index (Phi) is 3.86. The third-order valence-electron chi connectivity index (χ3n) is 3.90. The fourth-order valence-corrected chi connectivity index (χ4v) is 3.41. The van der Waals surface area contributed by atoms with Gasteiger partial charge in [-0.2, -0.15) is 5.26 Å². The number of thiazole rings is 1. The highest BCUT2D eigenvalue weighted by Crippen LogP contribution is 2.26. The average Bonchev–Trinajstić information content (AvgIpc) is 3.14. The fourth-order valence-electron chi connectivity index (χ4n) is 2.44. The molecule has 1 N–H and O–H groups in total. The lowest BCUT2D eigenvalue weighted by atomic mass is 10.2. The Labute approximate surface area is 133 Å². The van der Waals surface area contributed by atoms with E-state index >= 15 is 0 Å². The van der Waals surface area contributed by atoms with Crippen molar-refractivity contribution in [3.8, 4) is 6.07 Å². The number of nitrogens with zero attached hydrogens (tertiary/aromatic N) is 4. The first-order valence-corrected chi connectivity index (χ1v) is 7.97. The monoisotopic (exact) mass is 315 g/mol. The summed E-state index contributed by atoms with van der Waals surface area (Å²) in [5.41, 5.74) is 2.04. The first-order valence-electron chi connectivity index (χ1n) is 7.15. The van der Waals surface area contributed by atoms with E-state index in [-0.39, 0.29) is 5.91 Å². The van der Waals surface area contributed by atoms with E-state index in [9.17, 15) is 4.79 Å². The lowest BCUT2D eigenvalue weighted by Crippen LogP contribution is -2.48. The van der Waals surface area contributed by atoms with Crippen molar-refractivity contribution < 1.29 is 4.79 Å². The summed E-state index contributed by atoms with van der Waals surface area (Å²) in [4.78, 5) is 25.1. The molecule has 0 aromatic carbocycles. The molecule has 6 nitrogen and oxygen atoms in total. The van der Waals surface area contributed by atoms with E-state index in [0.29, 0.717) is 24.3 Å². The molecule has 0 atom stereocenters. The van der Waals surface area contributed by atoms with E-state index < -0.39 is 0 Å². The number of aryl methyl sites for hydroxylation is 2. The van der Waals surface area contributed by atoms with E-state index in [1.807, 2.05) is 17.9 Å². The number of carbonyl (C=O) groups is 1. The standard InChI is InChI=1S/C15H17N5OS/c1-10-11(2)22-15(18-10)20-5-3-19(4-6-20)14(21)13-7-12(8-16)9-17-13/h7,9,17H,3-6H2,1-2H3. The van der Waals surface area contributed by atoms with Gasteiger partial charge in [0.05, 0.1) is 11.3 Å². The Morgan fingerprint density at radius 1 is 1.36 bits per heavy atom. The van der Waals surface area contributed by atoms with Gasteiger partial charge < -0.3 is 14.8 Å². The topological polar surface area (TPSA) is 76.0 Å². The van der Waals surface area contributed by atoms with Crippen LogP contribution in [-0.2, 0) is 0 Å². The van der Waals surface area contributed by atoms with E-state index in [1.54, 1.807) is 23.6 Å². The van der Waals surface area contributed by atoms with Crippen molar-refractivity contribution >= 4 is 22.4 Å². The average molecular weight is 315 g/mol. The Balaban J connectivity index is 1.64. The molecule has 1 aliphatic rings. The molecule has 0 saturated carbocycles. The van der Waals surface area contributed by atoms with Crippen molar-refractivity contribution in [2.24, 2.45) is 0 Å². The molecular formula is C15H17N5OS. The molecule has 0 bridgehead atoms. The molecule has 1 amide bonds. The number of aromatic nitrogens is 2. The Morgan fingerprint density at radius 2 is 2.09 bits per heavy atom. The summed E-state index contributed by atoms with van der Waals surface area (Å²) in [7, 11) is 0. The predicted octanol–water partition coefficient (Wildman–Crippen LogP) is 1.92. The fraction of sp³-hybridized carbons (Fsp3) is 0.400. The van der Waals surface area contributed by atoms with Crippen molar-refractivity contribution in [3.63, 3.8) is 0 Å². The molecule has 3 rings (SSSR count). The van der Waals surface area contributed by atoms with Gasteiger partial charge in [0.25, 0.3) is 5.91 Å². The van der Waals surface area contributed by atoms with Crippen LogP contribution in [0.25, 0.3) is 0 Å². The van der Waals surface area contributed by atoms with Gasteiger partial charge in [-0.1, -0.05) is 0 Å². The Hall–Kier alpha value is -2.33. The number of hydrogen-bond acceptors (Lipinski definition) is 5. The van der Waals surface area contributed by atoms with E-state index in [1.165, 1.54) is 4.88 Å². The van der Waals surface area contributed by atoms with Gasteiger partial charge in [0.2, 0.25) is 0 Å². The molecular weight excluding hydrogens is 298 g/mol. The van der Waals surface area contributed by atoms with Crippen molar-refractivity contribution in [2.75, 3.05) is 31.1 Å². The molecule has 7 heteroatoms. The van der Waals surface area contributed by atoms with Gasteiger partial charge >= 0.3 is 0 Å². The number of rotatable bonds is 2. The lowest BCUT2D eigenvalue weighted by Gasteiger charge is -2.34. The molecule has 114 valence electrons. The summed E-state index contributed by atoms with van der Waals surface area (Å²) in [5.74, 6) is -0.0485. The number of nitrogens with one attached hydrogen (secondary N) is 1. The van der Waals surface area contributed by atoms with Crippen molar-refractivity contribution in [1.82, 2.24) is 14.9 Å². The zero-order valence-electron chi connectivity index (χ0n) is 12.6. The van der Waals surface area contributed by atoms with Crippen LogP contribution in [0, 0.1) is 25.2 Å². The minimum atomic E-state index is -0.0485. The number of aromatic amines is 1. The van der Waals surface area contributed by atoms with Crippen molar-refractivity contribution in [1.29, 1.82) is 5.26 Å². The molecule has 2 aromatic rings. The predicted molar refractivity (Wildman–Crippen MR) is 85.2 cm³/mol. The maximum Gasteiger partial charge on any atom is 0.270 e. The van der Waals surface area contributed by atoms with E-state index in [4.69, 9.17) is 5.26 Å². The minimum absolute atomic E-state index is 0.0485. The molecule has 0 spiro atoms. The van der Waals surface area contributed by atoms with Gasteiger partial charge in [-0.05, 0) is 19.9 Å². The number of hydrogen-bond donors (Lipinski definition) is 1. The van der Waals surface area contributed by atoms with Crippen LogP contribution in [0.15, 0.2) is 12.3 Å². The highest BCUT2D eigenvalue weighted by Gasteiger charge is 2.24. The number of carbonyl (C=O) groups excluding carboxylic acids is 1. The summed E-state index contributed by atoms with van der Waals surface area (Å²) >= 11 is 1.70. The second-order valence-corrected chi connectivity index (χ2v) is 6.51. The zero-order chi connectivity index (χ0) is 15.7. The summed E-state index contributed by atoms with van der Waals surface area (Å²) in [6, 6.07) is 3.62. The maximum atomic E-state index is 12.4. The molecule has 2 aromatic heterocycles. The SMILES string of the molecule is Cc1nc(N2CCN(C(=O)c3cc(C#N)c[nH]3)CC2)sc1C. The van der Waals surface area contributed by atoms with Gasteiger partial charge in [-0.25, -0.2) is 4.98 Å². The van der Waals surface area contributed by atoms with Crippen LogP contribution in [-0.4, -0.2) is 47.0 Å². The van der Waals surface area contributed by atoms with Gasteiger partial charge in [0.1, 0.15) is 11.8 Å². The molecule has 1 saturated heterocycles. The maximum absolute atomic E-state index is 12.4. The molecule has 0 radical (unpaired) electrons. The van der Waals surface area contributed by atoms with E-state index in [2.05, 4.69) is 21.8 Å². The summed E-state index contributed by atoms with van der Waals surface area (Å²) < 4.78 is 0. The number of piperazine rings is 1. The van der Waals surface area contributed by atoms with Crippen LogP contribution in [0.2, 0.25) is 0 Å². The second kappa shape index (κ2) is 5.81. The third-order valence-corrected chi connectivity index (χ3v) is 5.03.